The van der Waals surface area contributed by atoms with Crippen molar-refractivity contribution in [3.8, 4) is 44.9 Å². The van der Waals surface area contributed by atoms with Crippen molar-refractivity contribution in [3.63, 3.8) is 0 Å². The summed E-state index contributed by atoms with van der Waals surface area (Å²) in [6.45, 7) is 3.80. The summed E-state index contributed by atoms with van der Waals surface area (Å²) in [5.41, 5.74) is 6.82. The average Bonchev–Trinajstić information content (AvgIpc) is 2.75. The van der Waals surface area contributed by atoms with Gasteiger partial charge >= 0.3 is 0 Å². The van der Waals surface area contributed by atoms with E-state index in [0.717, 1.165) is 53.5 Å². The minimum atomic E-state index is 0.256. The molecule has 0 radical (unpaired) electrons. The Balaban J connectivity index is 2.03. The maximum Gasteiger partial charge on any atom is 0.127 e. The Labute approximate surface area is 193 Å². The maximum absolute atomic E-state index is 10.8. The van der Waals surface area contributed by atoms with Crippen molar-refractivity contribution in [2.45, 2.75) is 13.8 Å². The van der Waals surface area contributed by atoms with E-state index < -0.39 is 0 Å². The number of phenolic OH excluding ortho intramolecular Hbond substituents is 2. The van der Waals surface area contributed by atoms with Crippen LogP contribution in [-0.4, -0.2) is 10.2 Å². The third-order valence-electron chi connectivity index (χ3n) is 5.27. The van der Waals surface area contributed by atoms with E-state index in [1.54, 1.807) is 0 Å². The van der Waals surface area contributed by atoms with E-state index >= 15 is 0 Å². The van der Waals surface area contributed by atoms with Crippen molar-refractivity contribution in [3.05, 3.63) is 92.9 Å². The van der Waals surface area contributed by atoms with Gasteiger partial charge in [-0.1, -0.05) is 60.7 Å². The van der Waals surface area contributed by atoms with E-state index in [9.17, 15) is 10.2 Å². The first-order valence-electron chi connectivity index (χ1n) is 9.55. The average molecular weight is 524 g/mol. The molecule has 4 rings (SSSR count). The number of phenols is 2. The topological polar surface area (TPSA) is 40.5 Å². The van der Waals surface area contributed by atoms with Gasteiger partial charge in [-0.25, -0.2) is 0 Å². The van der Waals surface area contributed by atoms with E-state index in [1.165, 1.54) is 0 Å². The first kappa shape index (κ1) is 20.7. The fourth-order valence-corrected chi connectivity index (χ4v) is 5.19. The van der Waals surface area contributed by atoms with Gasteiger partial charge in [0.2, 0.25) is 0 Å². The maximum atomic E-state index is 10.8. The molecule has 0 saturated carbocycles. The molecule has 4 heteroatoms. The van der Waals surface area contributed by atoms with E-state index in [0.29, 0.717) is 0 Å². The molecule has 30 heavy (non-hydrogen) atoms. The van der Waals surface area contributed by atoms with Crippen molar-refractivity contribution in [1.82, 2.24) is 0 Å². The highest BCUT2D eigenvalue weighted by Crippen LogP contribution is 2.49. The lowest BCUT2D eigenvalue weighted by molar-refractivity contribution is 0.472. The summed E-state index contributed by atoms with van der Waals surface area (Å²) in [6, 6.07) is 23.6. The van der Waals surface area contributed by atoms with Crippen LogP contribution in [0.15, 0.2) is 81.7 Å². The SMILES string of the molecule is Cc1cc(-c2cc(C)c(O)c(-c3ccccc3)c2Br)c(Br)c(-c2ccccc2)c1O. The Morgan fingerprint density at radius 1 is 0.567 bits per heavy atom. The van der Waals surface area contributed by atoms with Crippen molar-refractivity contribution < 1.29 is 10.2 Å². The molecule has 0 bridgehead atoms. The van der Waals surface area contributed by atoms with Crippen LogP contribution in [0.25, 0.3) is 33.4 Å². The lowest BCUT2D eigenvalue weighted by Gasteiger charge is -2.19. The zero-order chi connectivity index (χ0) is 21.4. The highest BCUT2D eigenvalue weighted by Gasteiger charge is 2.22. The summed E-state index contributed by atoms with van der Waals surface area (Å²) < 4.78 is 1.61. The lowest BCUT2D eigenvalue weighted by atomic mass is 9.91. The highest BCUT2D eigenvalue weighted by molar-refractivity contribution is 9.11. The van der Waals surface area contributed by atoms with Crippen molar-refractivity contribution in [1.29, 1.82) is 0 Å². The lowest BCUT2D eigenvalue weighted by Crippen LogP contribution is -1.94. The van der Waals surface area contributed by atoms with Gasteiger partial charge < -0.3 is 10.2 Å². The van der Waals surface area contributed by atoms with Crippen LogP contribution < -0.4 is 0 Å². The van der Waals surface area contributed by atoms with Gasteiger partial charge in [0.15, 0.2) is 0 Å². The predicted molar refractivity (Wildman–Crippen MR) is 131 cm³/mol. The first-order valence-corrected chi connectivity index (χ1v) is 11.1. The summed E-state index contributed by atoms with van der Waals surface area (Å²) in [7, 11) is 0. The van der Waals surface area contributed by atoms with Crippen LogP contribution in [0.2, 0.25) is 0 Å². The smallest absolute Gasteiger partial charge is 0.127 e. The molecule has 0 amide bonds. The molecule has 0 aliphatic heterocycles. The van der Waals surface area contributed by atoms with Gasteiger partial charge in [0, 0.05) is 20.1 Å². The van der Waals surface area contributed by atoms with Crippen molar-refractivity contribution in [2.75, 3.05) is 0 Å². The largest absolute Gasteiger partial charge is 0.507 e. The second-order valence-corrected chi connectivity index (χ2v) is 8.88. The van der Waals surface area contributed by atoms with Gasteiger partial charge in [0.05, 0.1) is 0 Å². The molecule has 0 spiro atoms. The van der Waals surface area contributed by atoms with Gasteiger partial charge in [-0.3, -0.25) is 0 Å². The fraction of sp³-hybridized carbons (Fsp3) is 0.0769. The third kappa shape index (κ3) is 3.55. The molecule has 0 fully saturated rings. The number of benzene rings is 4. The van der Waals surface area contributed by atoms with Crippen LogP contribution in [0.4, 0.5) is 0 Å². The standard InChI is InChI=1S/C26H20Br2O2/c1-15-13-19(23(27)21(25(15)29)17-9-5-3-6-10-17)20-14-16(2)26(30)22(24(20)28)18-11-7-4-8-12-18/h3-14,29-30H,1-2H3. The van der Waals surface area contributed by atoms with Crippen LogP contribution in [-0.2, 0) is 0 Å². The number of halogens is 2. The molecule has 150 valence electrons. The second-order valence-electron chi connectivity index (χ2n) is 7.29. The Kier molecular flexibility index (Phi) is 5.72. The van der Waals surface area contributed by atoms with Crippen molar-refractivity contribution >= 4 is 31.9 Å². The second kappa shape index (κ2) is 8.29. The third-order valence-corrected chi connectivity index (χ3v) is 6.92. The molecule has 0 saturated heterocycles. The molecule has 0 heterocycles. The normalized spacial score (nSPS) is 10.9. The van der Waals surface area contributed by atoms with Crippen molar-refractivity contribution in [2.24, 2.45) is 0 Å². The molecule has 0 aliphatic rings. The van der Waals surface area contributed by atoms with Gasteiger partial charge in [-0.2, -0.15) is 0 Å². The monoisotopic (exact) mass is 522 g/mol. The number of rotatable bonds is 3. The quantitative estimate of drug-likeness (QED) is 0.284. The first-order chi connectivity index (χ1) is 14.4. The zero-order valence-electron chi connectivity index (χ0n) is 16.6. The minimum Gasteiger partial charge on any atom is -0.507 e. The summed E-state index contributed by atoms with van der Waals surface area (Å²) >= 11 is 7.51. The van der Waals surface area contributed by atoms with Crippen LogP contribution in [0.3, 0.4) is 0 Å². The molecule has 4 aromatic rings. The molecular weight excluding hydrogens is 504 g/mol. The molecule has 2 N–H and O–H groups in total. The van der Waals surface area contributed by atoms with E-state index in [2.05, 4.69) is 31.9 Å². The van der Waals surface area contributed by atoms with E-state index in [1.807, 2.05) is 86.6 Å². The molecule has 2 nitrogen and oxygen atoms in total. The number of aryl methyl sites for hydroxylation is 2. The van der Waals surface area contributed by atoms with Gasteiger partial charge in [-0.05, 0) is 91.2 Å². The molecule has 0 aromatic heterocycles. The van der Waals surface area contributed by atoms with E-state index in [4.69, 9.17) is 0 Å². The zero-order valence-corrected chi connectivity index (χ0v) is 19.8. The highest BCUT2D eigenvalue weighted by atomic mass is 79.9. The number of hydrogen-bond donors (Lipinski definition) is 2. The minimum absolute atomic E-state index is 0.256. The van der Waals surface area contributed by atoms with Crippen LogP contribution in [0.1, 0.15) is 11.1 Å². The molecule has 0 aliphatic carbocycles. The van der Waals surface area contributed by atoms with Crippen LogP contribution in [0, 0.1) is 13.8 Å². The van der Waals surface area contributed by atoms with Gasteiger partial charge in [0.25, 0.3) is 0 Å². The summed E-state index contributed by atoms with van der Waals surface area (Å²) in [4.78, 5) is 0. The molecular formula is C26H20Br2O2. The van der Waals surface area contributed by atoms with Gasteiger partial charge in [-0.15, -0.1) is 0 Å². The Bertz CT molecular complexity index is 1130. The Hall–Kier alpha value is -2.56. The molecule has 4 aromatic carbocycles. The Morgan fingerprint density at radius 2 is 0.900 bits per heavy atom. The van der Waals surface area contributed by atoms with Crippen LogP contribution >= 0.6 is 31.9 Å². The number of aromatic hydroxyl groups is 2. The Morgan fingerprint density at radius 3 is 1.23 bits per heavy atom. The number of hydrogen-bond acceptors (Lipinski definition) is 2. The van der Waals surface area contributed by atoms with E-state index in [-0.39, 0.29) is 11.5 Å². The molecule has 0 atom stereocenters. The summed E-state index contributed by atoms with van der Waals surface area (Å²) in [5, 5.41) is 21.6. The van der Waals surface area contributed by atoms with Crippen LogP contribution in [0.5, 0.6) is 11.5 Å². The van der Waals surface area contributed by atoms with Gasteiger partial charge in [0.1, 0.15) is 11.5 Å². The summed E-state index contributed by atoms with van der Waals surface area (Å²) in [6.07, 6.45) is 0. The fourth-order valence-electron chi connectivity index (χ4n) is 3.70. The predicted octanol–water partition coefficient (Wildman–Crippen LogP) is 8.24. The summed E-state index contributed by atoms with van der Waals surface area (Å²) in [5.74, 6) is 0.512. The molecule has 0 unspecified atom stereocenters.